The van der Waals surface area contributed by atoms with E-state index in [0.29, 0.717) is 0 Å². The highest BCUT2D eigenvalue weighted by Crippen LogP contribution is 1.87. The summed E-state index contributed by atoms with van der Waals surface area (Å²) in [7, 11) is -4.27. The van der Waals surface area contributed by atoms with E-state index in [0.717, 1.165) is 0 Å². The molecule has 156 valence electrons. The molecule has 11 N–H and O–H groups in total. The highest BCUT2D eigenvalue weighted by atomic mass is 32.2. The second-order valence-corrected chi connectivity index (χ2v) is 7.25. The zero-order chi connectivity index (χ0) is 21.7. The Labute approximate surface area is 156 Å². The van der Waals surface area contributed by atoms with E-state index in [1.807, 2.05) is 0 Å². The fraction of sp³-hybridized carbons (Fsp3) is 0.667. The van der Waals surface area contributed by atoms with Crippen LogP contribution < -0.4 is 17.2 Å². The van der Waals surface area contributed by atoms with Crippen LogP contribution in [-0.4, -0.2) is 83.9 Å². The van der Waals surface area contributed by atoms with Crippen LogP contribution in [0.2, 0.25) is 0 Å². The second-order valence-electron chi connectivity index (χ2n) is 4.23. The molecule has 0 aliphatic rings. The predicted octanol–water partition coefficient (Wildman–Crippen LogP) is -3.42. The van der Waals surface area contributed by atoms with Gasteiger partial charge >= 0.3 is 17.9 Å². The van der Waals surface area contributed by atoms with Gasteiger partial charge in [-0.25, -0.2) is 4.21 Å². The first-order valence-corrected chi connectivity index (χ1v) is 9.56. The van der Waals surface area contributed by atoms with E-state index in [4.69, 9.17) is 41.6 Å². The Hall–Kier alpha value is -1.34. The molecule has 0 rings (SSSR count). The summed E-state index contributed by atoms with van der Waals surface area (Å²) in [5, 5.41) is 23.4. The van der Waals surface area contributed by atoms with Crippen molar-refractivity contribution in [2.75, 3.05) is 11.5 Å². The highest BCUT2D eigenvalue weighted by molar-refractivity contribution is 7.85. The molecule has 0 amide bonds. The molecule has 0 aliphatic carbocycles. The Balaban J connectivity index is -0.000000310. The maximum atomic E-state index is 9.96. The molecular formula is C9H21N3O11S3. The van der Waals surface area contributed by atoms with Gasteiger partial charge in [-0.3, -0.25) is 18.9 Å². The summed E-state index contributed by atoms with van der Waals surface area (Å²) >= 11 is 1.77. The van der Waals surface area contributed by atoms with Gasteiger partial charge in [-0.05, 0) is 0 Å². The van der Waals surface area contributed by atoms with Crippen molar-refractivity contribution in [3.8, 4) is 0 Å². The van der Waals surface area contributed by atoms with Crippen LogP contribution in [-0.2, 0) is 35.6 Å². The fourth-order valence-corrected chi connectivity index (χ4v) is 1.74. The van der Waals surface area contributed by atoms with Gasteiger partial charge in [0, 0.05) is 5.75 Å². The Morgan fingerprint density at radius 3 is 1.46 bits per heavy atom. The van der Waals surface area contributed by atoms with Crippen molar-refractivity contribution in [2.45, 2.75) is 23.9 Å². The number of aliphatic carboxylic acids is 3. The Morgan fingerprint density at radius 2 is 1.38 bits per heavy atom. The zero-order valence-corrected chi connectivity index (χ0v) is 15.6. The van der Waals surface area contributed by atoms with Crippen molar-refractivity contribution in [1.82, 2.24) is 0 Å². The molecule has 26 heavy (non-hydrogen) atoms. The quantitative estimate of drug-likeness (QED) is 0.100. The molecule has 0 saturated heterocycles. The lowest BCUT2D eigenvalue weighted by Gasteiger charge is -2.01. The average Bonchev–Trinajstić information content (AvgIpc) is 2.44. The van der Waals surface area contributed by atoms with Gasteiger partial charge in [0.1, 0.15) is 23.2 Å². The molecule has 14 nitrogen and oxygen atoms in total. The second kappa shape index (κ2) is 14.8. The summed E-state index contributed by atoms with van der Waals surface area (Å²) in [4.78, 5) is 29.5. The summed E-state index contributed by atoms with van der Waals surface area (Å²) in [6.07, 6.45) is -0.532. The van der Waals surface area contributed by atoms with Gasteiger partial charge < -0.3 is 37.1 Å². The number of carbonyl (C=O) groups is 3. The van der Waals surface area contributed by atoms with E-state index in [2.05, 4.69) is 12.6 Å². The third-order valence-electron chi connectivity index (χ3n) is 1.86. The average molecular weight is 443 g/mol. The number of carboxylic acid groups (broad SMARTS) is 3. The van der Waals surface area contributed by atoms with Crippen molar-refractivity contribution < 1.29 is 51.4 Å². The van der Waals surface area contributed by atoms with Gasteiger partial charge in [0.25, 0.3) is 10.1 Å². The summed E-state index contributed by atoms with van der Waals surface area (Å²) < 4.78 is 46.0. The lowest BCUT2D eigenvalue weighted by atomic mass is 10.2. The first kappa shape index (κ1) is 29.4. The molecule has 0 aromatic carbocycles. The van der Waals surface area contributed by atoms with Crippen LogP contribution in [0.3, 0.4) is 0 Å². The number of nitrogens with two attached hydrogens (primary N) is 3. The summed E-state index contributed by atoms with van der Waals surface area (Å²) in [5.41, 5.74) is 14.6. The maximum Gasteiger partial charge on any atom is 0.321 e. The fourth-order valence-electron chi connectivity index (χ4n) is 0.637. The van der Waals surface area contributed by atoms with E-state index in [1.165, 1.54) is 0 Å². The molecule has 4 atom stereocenters. The third kappa shape index (κ3) is 22.7. The minimum atomic E-state index is -4.27. The molecule has 0 radical (unpaired) electrons. The minimum absolute atomic E-state index is 0.239. The summed E-state index contributed by atoms with van der Waals surface area (Å²) in [5.74, 6) is -4.68. The number of thiol groups is 1. The van der Waals surface area contributed by atoms with Gasteiger partial charge in [-0.2, -0.15) is 21.0 Å². The van der Waals surface area contributed by atoms with E-state index < -0.39 is 68.7 Å². The molecular weight excluding hydrogens is 422 g/mol. The molecule has 0 spiro atoms. The van der Waals surface area contributed by atoms with Gasteiger partial charge in [0.05, 0.1) is 6.42 Å². The normalized spacial score (nSPS) is 15.0. The first-order chi connectivity index (χ1) is 11.5. The lowest BCUT2D eigenvalue weighted by molar-refractivity contribution is -0.144. The maximum absolute atomic E-state index is 9.96. The van der Waals surface area contributed by atoms with E-state index >= 15 is 0 Å². The number of hydrogen-bond donors (Lipinski definition) is 9. The zero-order valence-electron chi connectivity index (χ0n) is 13.0. The predicted molar refractivity (Wildman–Crippen MR) is 92.5 cm³/mol. The molecule has 0 aromatic rings. The topological polar surface area (TPSA) is 282 Å². The smallest absolute Gasteiger partial charge is 0.321 e. The standard InChI is InChI=1S/C4H7NO4.C3H7NO5S.C2H7NO2S2/c5-2(4(8)9)1-3(6)7;4-2(3(5)6)1-10(7,8)9;3-2(1-6)7(4)5/h2H,1,5H2,(H,6,7)(H,8,9);2H,1,4H2,(H,5,6)(H,7,8,9);2,6H,1,3H2,(H,4,5)/t3*2-/m001/s1. The largest absolute Gasteiger partial charge is 0.481 e. The molecule has 17 heteroatoms. The molecule has 0 heterocycles. The van der Waals surface area contributed by atoms with Crippen LogP contribution in [0.25, 0.3) is 0 Å². The van der Waals surface area contributed by atoms with Gasteiger partial charge in [0.2, 0.25) is 0 Å². The van der Waals surface area contributed by atoms with E-state index in [9.17, 15) is 27.0 Å². The van der Waals surface area contributed by atoms with Crippen LogP contribution in [0.4, 0.5) is 0 Å². The number of carboxylic acids is 3. The number of rotatable bonds is 8. The van der Waals surface area contributed by atoms with Gasteiger partial charge in [0.15, 0.2) is 11.1 Å². The van der Waals surface area contributed by atoms with Gasteiger partial charge in [-0.1, -0.05) is 0 Å². The van der Waals surface area contributed by atoms with Crippen LogP contribution >= 0.6 is 12.6 Å². The van der Waals surface area contributed by atoms with Crippen LogP contribution in [0.1, 0.15) is 6.42 Å². The Bertz CT molecular complexity index is 583. The highest BCUT2D eigenvalue weighted by Gasteiger charge is 2.18. The van der Waals surface area contributed by atoms with E-state index in [-0.39, 0.29) is 5.75 Å². The summed E-state index contributed by atoms with van der Waals surface area (Å²) in [6.45, 7) is 0. The number of hydrogen-bond acceptors (Lipinski definition) is 10. The van der Waals surface area contributed by atoms with Crippen molar-refractivity contribution in [3.63, 3.8) is 0 Å². The van der Waals surface area contributed by atoms with Crippen molar-refractivity contribution in [1.29, 1.82) is 0 Å². The molecule has 0 aromatic heterocycles. The molecule has 0 aliphatic heterocycles. The van der Waals surface area contributed by atoms with E-state index in [1.54, 1.807) is 0 Å². The van der Waals surface area contributed by atoms with Crippen molar-refractivity contribution in [3.05, 3.63) is 0 Å². The Kier molecular flexibility index (Phi) is 16.7. The molecule has 1 unspecified atom stereocenters. The van der Waals surface area contributed by atoms with Crippen LogP contribution in [0.5, 0.6) is 0 Å². The first-order valence-electron chi connectivity index (χ1n) is 6.14. The molecule has 0 fully saturated rings. The third-order valence-corrected chi connectivity index (χ3v) is 3.96. The monoisotopic (exact) mass is 443 g/mol. The van der Waals surface area contributed by atoms with Crippen LogP contribution in [0, 0.1) is 0 Å². The van der Waals surface area contributed by atoms with Gasteiger partial charge in [-0.15, -0.1) is 0 Å². The van der Waals surface area contributed by atoms with Crippen molar-refractivity contribution >= 4 is 51.7 Å². The van der Waals surface area contributed by atoms with Crippen molar-refractivity contribution in [2.24, 2.45) is 17.2 Å². The molecule has 0 bridgehead atoms. The summed E-state index contributed by atoms with van der Waals surface area (Å²) in [6, 6.07) is -2.85. The lowest BCUT2D eigenvalue weighted by Crippen LogP contribution is -2.36. The minimum Gasteiger partial charge on any atom is -0.481 e. The van der Waals surface area contributed by atoms with Crippen LogP contribution in [0.15, 0.2) is 0 Å². The molecule has 0 saturated carbocycles. The Morgan fingerprint density at radius 1 is 1.00 bits per heavy atom. The SMILES string of the molecule is N[C@@H](CC(=O)O)C(=O)O.N[C@@H](CS(=O)(=O)O)C(=O)O.N[C@@H](CS)S(=O)O.